The molecule has 0 unspecified atom stereocenters. The summed E-state index contributed by atoms with van der Waals surface area (Å²) in [7, 11) is 0. The summed E-state index contributed by atoms with van der Waals surface area (Å²) in [6, 6.07) is 4.72. The number of isothiocyanates is 1. The number of carbonyl (C=O) groups is 1. The molecule has 0 bridgehead atoms. The number of hydrogen-bond donors (Lipinski definition) is 0. The van der Waals surface area contributed by atoms with Crippen molar-refractivity contribution in [3.63, 3.8) is 0 Å². The van der Waals surface area contributed by atoms with Gasteiger partial charge in [-0.05, 0) is 37.3 Å². The van der Waals surface area contributed by atoms with E-state index in [-0.39, 0.29) is 0 Å². The summed E-state index contributed by atoms with van der Waals surface area (Å²) in [4.78, 5) is 14.5. The van der Waals surface area contributed by atoms with Gasteiger partial charge in [-0.25, -0.2) is 0 Å². The Bertz CT molecular complexity index is 458. The number of halogens is 2. The van der Waals surface area contributed by atoms with Crippen LogP contribution >= 0.6 is 35.4 Å². The molecular weight excluding hydrogens is 269 g/mol. The number of benzene rings is 1. The SMILES string of the molecule is C[C@@H](Oc1ccc(Cl)cc1Cl)C(=O)N=C=S. The van der Waals surface area contributed by atoms with Crippen molar-refractivity contribution in [1.29, 1.82) is 0 Å². The summed E-state index contributed by atoms with van der Waals surface area (Å²) in [6.45, 7) is 1.55. The highest BCUT2D eigenvalue weighted by atomic mass is 35.5. The van der Waals surface area contributed by atoms with Crippen molar-refractivity contribution >= 4 is 46.5 Å². The van der Waals surface area contributed by atoms with Crippen LogP contribution in [0.3, 0.4) is 0 Å². The van der Waals surface area contributed by atoms with Crippen LogP contribution in [0.1, 0.15) is 6.92 Å². The third kappa shape index (κ3) is 3.58. The summed E-state index contributed by atoms with van der Waals surface area (Å²) in [5, 5.41) is 2.81. The Morgan fingerprint density at radius 1 is 1.56 bits per heavy atom. The fraction of sp³-hybridized carbons (Fsp3) is 0.200. The smallest absolute Gasteiger partial charge is 0.295 e. The molecule has 1 amide bonds. The minimum atomic E-state index is -0.769. The maximum Gasteiger partial charge on any atom is 0.295 e. The van der Waals surface area contributed by atoms with Crippen LogP contribution in [-0.4, -0.2) is 17.2 Å². The molecule has 1 rings (SSSR count). The van der Waals surface area contributed by atoms with Crippen LogP contribution in [0.2, 0.25) is 10.0 Å². The van der Waals surface area contributed by atoms with Crippen molar-refractivity contribution in [2.45, 2.75) is 13.0 Å². The van der Waals surface area contributed by atoms with Gasteiger partial charge >= 0.3 is 0 Å². The number of rotatable bonds is 3. The van der Waals surface area contributed by atoms with Crippen molar-refractivity contribution in [3.05, 3.63) is 28.2 Å². The van der Waals surface area contributed by atoms with E-state index in [2.05, 4.69) is 17.2 Å². The second-order valence-electron chi connectivity index (χ2n) is 2.88. The van der Waals surface area contributed by atoms with Gasteiger partial charge in [-0.1, -0.05) is 23.2 Å². The predicted octanol–water partition coefficient (Wildman–Crippen LogP) is 3.39. The van der Waals surface area contributed by atoms with E-state index >= 15 is 0 Å². The van der Waals surface area contributed by atoms with Crippen molar-refractivity contribution < 1.29 is 9.53 Å². The fourth-order valence-electron chi connectivity index (χ4n) is 0.948. The zero-order chi connectivity index (χ0) is 12.1. The average molecular weight is 276 g/mol. The Kier molecular flexibility index (Phi) is 4.90. The first-order chi connectivity index (χ1) is 7.54. The molecule has 1 aromatic rings. The minimum absolute atomic E-state index is 0.332. The molecule has 0 saturated carbocycles. The van der Waals surface area contributed by atoms with Gasteiger partial charge in [-0.2, -0.15) is 4.99 Å². The minimum Gasteiger partial charge on any atom is -0.479 e. The average Bonchev–Trinajstić information content (AvgIpc) is 2.22. The van der Waals surface area contributed by atoms with Gasteiger partial charge in [0.2, 0.25) is 0 Å². The molecule has 84 valence electrons. The van der Waals surface area contributed by atoms with Crippen LogP contribution in [0.25, 0.3) is 0 Å². The maximum absolute atomic E-state index is 11.2. The second kappa shape index (κ2) is 5.97. The molecule has 0 aliphatic rings. The fourth-order valence-corrected chi connectivity index (χ4v) is 1.49. The molecule has 1 aromatic carbocycles. The van der Waals surface area contributed by atoms with E-state index in [1.807, 2.05) is 5.16 Å². The first-order valence-corrected chi connectivity index (χ1v) is 5.44. The Labute approximate surface area is 108 Å². The predicted molar refractivity (Wildman–Crippen MR) is 66.6 cm³/mol. The number of ether oxygens (including phenoxy) is 1. The van der Waals surface area contributed by atoms with E-state index < -0.39 is 12.0 Å². The second-order valence-corrected chi connectivity index (χ2v) is 3.90. The number of aliphatic imine (C=N–C) groups is 1. The highest BCUT2D eigenvalue weighted by molar-refractivity contribution is 7.78. The van der Waals surface area contributed by atoms with Gasteiger partial charge in [0.15, 0.2) is 6.10 Å². The number of hydrogen-bond acceptors (Lipinski definition) is 3. The van der Waals surface area contributed by atoms with Crippen LogP contribution in [0.4, 0.5) is 0 Å². The molecule has 16 heavy (non-hydrogen) atoms. The summed E-state index contributed by atoms with van der Waals surface area (Å²) in [6.07, 6.45) is -0.769. The Hall–Kier alpha value is -0.930. The quantitative estimate of drug-likeness (QED) is 0.627. The Morgan fingerprint density at radius 2 is 2.25 bits per heavy atom. The highest BCUT2D eigenvalue weighted by Gasteiger charge is 2.14. The van der Waals surface area contributed by atoms with Crippen molar-refractivity contribution in [2.75, 3.05) is 0 Å². The molecule has 0 heterocycles. The lowest BCUT2D eigenvalue weighted by atomic mass is 10.3. The molecule has 0 N–H and O–H groups in total. The third-order valence-corrected chi connectivity index (χ3v) is 2.32. The molecule has 0 fully saturated rings. The summed E-state index contributed by atoms with van der Waals surface area (Å²) < 4.78 is 5.29. The van der Waals surface area contributed by atoms with Gasteiger partial charge in [0.1, 0.15) is 5.75 Å². The van der Waals surface area contributed by atoms with Crippen LogP contribution in [0.5, 0.6) is 5.75 Å². The van der Waals surface area contributed by atoms with E-state index in [0.29, 0.717) is 15.8 Å². The Balaban J connectivity index is 2.80. The molecule has 0 spiro atoms. The molecular formula is C10H7Cl2NO2S. The first kappa shape index (κ1) is 13.1. The van der Waals surface area contributed by atoms with Gasteiger partial charge < -0.3 is 4.74 Å². The molecule has 0 radical (unpaired) electrons. The van der Waals surface area contributed by atoms with Crippen molar-refractivity contribution in [1.82, 2.24) is 0 Å². The van der Waals surface area contributed by atoms with E-state index in [1.54, 1.807) is 19.1 Å². The maximum atomic E-state index is 11.2. The number of amides is 1. The van der Waals surface area contributed by atoms with Crippen LogP contribution in [-0.2, 0) is 4.79 Å². The lowest BCUT2D eigenvalue weighted by Crippen LogP contribution is -2.21. The van der Waals surface area contributed by atoms with Crippen molar-refractivity contribution in [2.24, 2.45) is 4.99 Å². The number of carbonyl (C=O) groups excluding carboxylic acids is 1. The monoisotopic (exact) mass is 275 g/mol. The van der Waals surface area contributed by atoms with Crippen LogP contribution in [0.15, 0.2) is 23.2 Å². The van der Waals surface area contributed by atoms with Gasteiger partial charge in [-0.3, -0.25) is 4.79 Å². The third-order valence-electron chi connectivity index (χ3n) is 1.70. The normalized spacial score (nSPS) is 11.4. The highest BCUT2D eigenvalue weighted by Crippen LogP contribution is 2.28. The molecule has 1 atom stereocenters. The molecule has 6 heteroatoms. The first-order valence-electron chi connectivity index (χ1n) is 4.28. The lowest BCUT2D eigenvalue weighted by Gasteiger charge is -2.11. The summed E-state index contributed by atoms with van der Waals surface area (Å²) >= 11 is 15.9. The zero-order valence-electron chi connectivity index (χ0n) is 8.24. The lowest BCUT2D eigenvalue weighted by molar-refractivity contribution is -0.123. The summed E-state index contributed by atoms with van der Waals surface area (Å²) in [5.74, 6) is -0.146. The standard InChI is InChI=1S/C10H7Cl2NO2S/c1-6(10(14)13-5-16)15-9-3-2-7(11)4-8(9)12/h2-4,6H,1H3/t6-/m1/s1. The van der Waals surface area contributed by atoms with Crippen molar-refractivity contribution in [3.8, 4) is 5.75 Å². The van der Waals surface area contributed by atoms with E-state index in [1.165, 1.54) is 6.07 Å². The number of thiocarbonyl (C=S) groups is 1. The largest absolute Gasteiger partial charge is 0.479 e. The Morgan fingerprint density at radius 3 is 2.81 bits per heavy atom. The molecule has 0 aromatic heterocycles. The molecule has 0 aliphatic heterocycles. The molecule has 0 saturated heterocycles. The zero-order valence-corrected chi connectivity index (χ0v) is 10.6. The summed E-state index contributed by atoms with van der Waals surface area (Å²) in [5.41, 5.74) is 0. The van der Waals surface area contributed by atoms with Crippen LogP contribution < -0.4 is 4.74 Å². The molecule has 3 nitrogen and oxygen atoms in total. The van der Waals surface area contributed by atoms with E-state index in [0.717, 1.165) is 0 Å². The van der Waals surface area contributed by atoms with Gasteiger partial charge in [-0.15, -0.1) is 0 Å². The van der Waals surface area contributed by atoms with Crippen LogP contribution in [0, 0.1) is 0 Å². The molecule has 0 aliphatic carbocycles. The van der Waals surface area contributed by atoms with E-state index in [4.69, 9.17) is 27.9 Å². The van der Waals surface area contributed by atoms with Gasteiger partial charge in [0.05, 0.1) is 10.2 Å². The van der Waals surface area contributed by atoms with E-state index in [9.17, 15) is 4.79 Å². The van der Waals surface area contributed by atoms with Gasteiger partial charge in [0.25, 0.3) is 5.91 Å². The van der Waals surface area contributed by atoms with Gasteiger partial charge in [0, 0.05) is 5.02 Å². The number of nitrogens with zero attached hydrogens (tertiary/aromatic N) is 1. The topological polar surface area (TPSA) is 38.7 Å².